The number of hydrogen-bond acceptors (Lipinski definition) is 2. The molecule has 0 unspecified atom stereocenters. The van der Waals surface area contributed by atoms with E-state index in [2.05, 4.69) is 24.0 Å². The van der Waals surface area contributed by atoms with Crippen LogP contribution in [0.5, 0.6) is 5.75 Å². The lowest BCUT2D eigenvalue weighted by Gasteiger charge is -2.27. The Balaban J connectivity index is 2.24. The van der Waals surface area contributed by atoms with Crippen molar-refractivity contribution in [2.45, 2.75) is 45.3 Å². The van der Waals surface area contributed by atoms with Crippen molar-refractivity contribution < 1.29 is 9.53 Å². The Morgan fingerprint density at radius 3 is 3.00 bits per heavy atom. The van der Waals surface area contributed by atoms with Gasteiger partial charge in [0.15, 0.2) is 0 Å². The maximum Gasteiger partial charge on any atom is 0.243 e. The van der Waals surface area contributed by atoms with Crippen LogP contribution in [0.15, 0.2) is 30.9 Å². The van der Waals surface area contributed by atoms with E-state index >= 15 is 0 Å². The van der Waals surface area contributed by atoms with Crippen LogP contribution >= 0.6 is 0 Å². The Hall–Kier alpha value is -1.77. The monoisotopic (exact) mass is 259 g/mol. The molecular formula is C16H21NO2. The van der Waals surface area contributed by atoms with Gasteiger partial charge in [-0.2, -0.15) is 0 Å². The van der Waals surface area contributed by atoms with Crippen molar-refractivity contribution >= 4 is 5.91 Å². The van der Waals surface area contributed by atoms with Crippen molar-refractivity contribution in [3.8, 4) is 5.75 Å². The molecule has 1 atom stereocenters. The normalized spacial score (nSPS) is 17.7. The first-order valence-electron chi connectivity index (χ1n) is 6.82. The van der Waals surface area contributed by atoms with Gasteiger partial charge in [0, 0.05) is 0 Å². The number of nitrogens with one attached hydrogen (secondary N) is 1. The van der Waals surface area contributed by atoms with E-state index in [1.165, 1.54) is 17.2 Å². The number of carbonyl (C=O) groups excluding carboxylic acids is 1. The lowest BCUT2D eigenvalue weighted by Crippen LogP contribution is -2.29. The lowest BCUT2D eigenvalue weighted by molar-refractivity contribution is -0.117. The van der Waals surface area contributed by atoms with E-state index in [1.807, 2.05) is 19.9 Å². The third-order valence-electron chi connectivity index (χ3n) is 3.31. The summed E-state index contributed by atoms with van der Waals surface area (Å²) in [6, 6.07) is 6.25. The zero-order valence-corrected chi connectivity index (χ0v) is 11.6. The first-order chi connectivity index (χ1) is 9.10. The summed E-state index contributed by atoms with van der Waals surface area (Å²) in [4.78, 5) is 11.5. The van der Waals surface area contributed by atoms with E-state index in [4.69, 9.17) is 4.74 Å². The van der Waals surface area contributed by atoms with Crippen molar-refractivity contribution in [1.29, 1.82) is 0 Å². The van der Waals surface area contributed by atoms with Gasteiger partial charge in [-0.1, -0.05) is 12.6 Å². The number of aryl methyl sites for hydroxylation is 1. The van der Waals surface area contributed by atoms with E-state index in [0.717, 1.165) is 25.0 Å². The predicted octanol–water partition coefficient (Wildman–Crippen LogP) is 3.15. The second-order valence-corrected chi connectivity index (χ2v) is 5.18. The largest absolute Gasteiger partial charge is 0.491 e. The zero-order valence-electron chi connectivity index (χ0n) is 11.6. The van der Waals surface area contributed by atoms with Crippen molar-refractivity contribution in [1.82, 2.24) is 5.32 Å². The minimum atomic E-state index is -0.118. The molecule has 19 heavy (non-hydrogen) atoms. The third-order valence-corrected chi connectivity index (χ3v) is 3.31. The lowest BCUT2D eigenvalue weighted by atomic mass is 9.87. The van der Waals surface area contributed by atoms with Gasteiger partial charge in [0.25, 0.3) is 0 Å². The molecular weight excluding hydrogens is 238 g/mol. The molecule has 0 spiro atoms. The Bertz CT molecular complexity index is 480. The number of ether oxygens (including phenoxy) is 1. The average molecular weight is 259 g/mol. The van der Waals surface area contributed by atoms with Crippen LogP contribution in [0.25, 0.3) is 0 Å². The van der Waals surface area contributed by atoms with Crippen molar-refractivity contribution in [2.24, 2.45) is 0 Å². The van der Waals surface area contributed by atoms with Gasteiger partial charge < -0.3 is 10.1 Å². The van der Waals surface area contributed by atoms with Gasteiger partial charge in [0.05, 0.1) is 12.1 Å². The first kappa shape index (κ1) is 13.7. The second kappa shape index (κ2) is 5.91. The minimum Gasteiger partial charge on any atom is -0.491 e. The molecule has 1 amide bonds. The van der Waals surface area contributed by atoms with E-state index in [1.54, 1.807) is 0 Å². The van der Waals surface area contributed by atoms with Gasteiger partial charge in [-0.25, -0.2) is 0 Å². The van der Waals surface area contributed by atoms with Crippen LogP contribution in [0.1, 0.15) is 43.9 Å². The maximum atomic E-state index is 11.5. The van der Waals surface area contributed by atoms with Crippen LogP contribution in [0.2, 0.25) is 0 Å². The molecule has 3 nitrogen and oxygen atoms in total. The summed E-state index contributed by atoms with van der Waals surface area (Å²) in [6.07, 6.45) is 4.61. The fraction of sp³-hybridized carbons (Fsp3) is 0.438. The molecule has 3 heteroatoms. The molecule has 0 heterocycles. The van der Waals surface area contributed by atoms with Crippen molar-refractivity contribution in [3.63, 3.8) is 0 Å². The summed E-state index contributed by atoms with van der Waals surface area (Å²) in [5.41, 5.74) is 2.48. The SMILES string of the molecule is C=CC(=O)N[C@H]1CCCc2ccc(OC(C)C)cc21. The topological polar surface area (TPSA) is 38.3 Å². The van der Waals surface area contributed by atoms with Gasteiger partial charge >= 0.3 is 0 Å². The Kier molecular flexibility index (Phi) is 4.25. The molecule has 1 aromatic carbocycles. The second-order valence-electron chi connectivity index (χ2n) is 5.18. The quantitative estimate of drug-likeness (QED) is 0.843. The Morgan fingerprint density at radius 1 is 1.53 bits per heavy atom. The number of benzene rings is 1. The highest BCUT2D eigenvalue weighted by atomic mass is 16.5. The fourth-order valence-corrected chi connectivity index (χ4v) is 2.50. The third kappa shape index (κ3) is 3.37. The van der Waals surface area contributed by atoms with Crippen molar-refractivity contribution in [2.75, 3.05) is 0 Å². The average Bonchev–Trinajstić information content (AvgIpc) is 2.38. The summed E-state index contributed by atoms with van der Waals surface area (Å²) in [5.74, 6) is 0.751. The Morgan fingerprint density at radius 2 is 2.32 bits per heavy atom. The molecule has 2 rings (SSSR count). The molecule has 0 aliphatic heterocycles. The molecule has 0 aromatic heterocycles. The van der Waals surface area contributed by atoms with Crippen molar-refractivity contribution in [3.05, 3.63) is 42.0 Å². The molecule has 0 fully saturated rings. The van der Waals surface area contributed by atoms with Crippen LogP contribution < -0.4 is 10.1 Å². The Labute approximate surface area is 114 Å². The van der Waals surface area contributed by atoms with Crippen LogP contribution in [0.4, 0.5) is 0 Å². The van der Waals surface area contributed by atoms with Crippen LogP contribution in [0.3, 0.4) is 0 Å². The van der Waals surface area contributed by atoms with E-state index in [9.17, 15) is 4.79 Å². The predicted molar refractivity (Wildman–Crippen MR) is 76.2 cm³/mol. The van der Waals surface area contributed by atoms with Gasteiger partial charge in [-0.05, 0) is 62.4 Å². The zero-order chi connectivity index (χ0) is 13.8. The van der Waals surface area contributed by atoms with E-state index < -0.39 is 0 Å². The summed E-state index contributed by atoms with van der Waals surface area (Å²) in [5, 5.41) is 2.99. The van der Waals surface area contributed by atoms with Crippen LogP contribution in [-0.2, 0) is 11.2 Å². The van der Waals surface area contributed by atoms with E-state index in [0.29, 0.717) is 0 Å². The number of amides is 1. The highest BCUT2D eigenvalue weighted by Crippen LogP contribution is 2.32. The molecule has 0 saturated carbocycles. The summed E-state index contributed by atoms with van der Waals surface area (Å²) in [6.45, 7) is 7.52. The summed E-state index contributed by atoms with van der Waals surface area (Å²) >= 11 is 0. The van der Waals surface area contributed by atoms with Gasteiger partial charge in [0.2, 0.25) is 5.91 Å². The summed E-state index contributed by atoms with van der Waals surface area (Å²) in [7, 11) is 0. The number of rotatable bonds is 4. The number of fused-ring (bicyclic) bond motifs is 1. The number of carbonyl (C=O) groups is 1. The molecule has 1 aliphatic rings. The van der Waals surface area contributed by atoms with E-state index in [-0.39, 0.29) is 18.1 Å². The van der Waals surface area contributed by atoms with Crippen LogP contribution in [-0.4, -0.2) is 12.0 Å². The fourth-order valence-electron chi connectivity index (χ4n) is 2.50. The minimum absolute atomic E-state index is 0.0740. The molecule has 1 aliphatic carbocycles. The van der Waals surface area contributed by atoms with Crippen LogP contribution in [0, 0.1) is 0 Å². The molecule has 1 N–H and O–H groups in total. The van der Waals surface area contributed by atoms with Gasteiger partial charge in [-0.3, -0.25) is 4.79 Å². The number of hydrogen-bond donors (Lipinski definition) is 1. The highest BCUT2D eigenvalue weighted by Gasteiger charge is 2.21. The molecule has 0 saturated heterocycles. The first-order valence-corrected chi connectivity index (χ1v) is 6.82. The smallest absolute Gasteiger partial charge is 0.243 e. The van der Waals surface area contributed by atoms with Gasteiger partial charge in [-0.15, -0.1) is 0 Å². The highest BCUT2D eigenvalue weighted by molar-refractivity contribution is 5.87. The standard InChI is InChI=1S/C16H21NO2/c1-4-16(18)17-15-7-5-6-12-8-9-13(10-14(12)15)19-11(2)3/h4,8-11,15H,1,5-7H2,2-3H3,(H,17,18)/t15-/m0/s1. The molecule has 0 bridgehead atoms. The maximum absolute atomic E-state index is 11.5. The summed E-state index contributed by atoms with van der Waals surface area (Å²) < 4.78 is 5.73. The van der Waals surface area contributed by atoms with Gasteiger partial charge in [0.1, 0.15) is 5.75 Å². The molecule has 1 aromatic rings. The molecule has 102 valence electrons. The molecule has 0 radical (unpaired) electrons.